The highest BCUT2D eigenvalue weighted by molar-refractivity contribution is 6.44. The van der Waals surface area contributed by atoms with Crippen LogP contribution < -0.4 is 14.8 Å². The van der Waals surface area contributed by atoms with Gasteiger partial charge < -0.3 is 14.8 Å². The molecule has 2 aromatic carbocycles. The Labute approximate surface area is 155 Å². The summed E-state index contributed by atoms with van der Waals surface area (Å²) in [5.41, 5.74) is 0.728. The van der Waals surface area contributed by atoms with E-state index in [2.05, 4.69) is 5.32 Å². The van der Waals surface area contributed by atoms with Gasteiger partial charge in [-0.3, -0.25) is 4.79 Å². The lowest BCUT2D eigenvalue weighted by Crippen LogP contribution is -2.13. The van der Waals surface area contributed by atoms with Gasteiger partial charge in [0.15, 0.2) is 11.5 Å². The van der Waals surface area contributed by atoms with Crippen molar-refractivity contribution < 1.29 is 14.3 Å². The van der Waals surface area contributed by atoms with E-state index in [-0.39, 0.29) is 10.6 Å². The number of ether oxygens (including phenoxy) is 2. The van der Waals surface area contributed by atoms with E-state index in [1.807, 2.05) is 6.07 Å². The van der Waals surface area contributed by atoms with Gasteiger partial charge in [0.25, 0.3) is 5.91 Å². The molecule has 0 bridgehead atoms. The van der Waals surface area contributed by atoms with E-state index in [9.17, 15) is 10.1 Å². The summed E-state index contributed by atoms with van der Waals surface area (Å²) >= 11 is 12.0. The van der Waals surface area contributed by atoms with Crippen molar-refractivity contribution in [3.63, 3.8) is 0 Å². The molecule has 0 heterocycles. The fourth-order valence-electron chi connectivity index (χ4n) is 2.12. The molecule has 0 aromatic heterocycles. The molecule has 7 heteroatoms. The molecule has 25 heavy (non-hydrogen) atoms. The van der Waals surface area contributed by atoms with Gasteiger partial charge in [0.2, 0.25) is 0 Å². The Balaban J connectivity index is 2.37. The highest BCUT2D eigenvalue weighted by atomic mass is 35.5. The maximum Gasteiger partial charge on any atom is 0.266 e. The lowest BCUT2D eigenvalue weighted by Gasteiger charge is -2.11. The lowest BCUT2D eigenvalue weighted by molar-refractivity contribution is -0.112. The first kappa shape index (κ1) is 18.7. The van der Waals surface area contributed by atoms with Crippen LogP contribution in [0.25, 0.3) is 6.08 Å². The summed E-state index contributed by atoms with van der Waals surface area (Å²) in [6.07, 6.45) is 1.41. The van der Waals surface area contributed by atoms with Crippen LogP contribution in [0.15, 0.2) is 42.0 Å². The molecule has 0 fully saturated rings. The van der Waals surface area contributed by atoms with Crippen LogP contribution >= 0.6 is 23.2 Å². The number of hydrogen-bond acceptors (Lipinski definition) is 4. The number of benzene rings is 2. The van der Waals surface area contributed by atoms with Crippen LogP contribution in [0, 0.1) is 11.3 Å². The van der Waals surface area contributed by atoms with E-state index < -0.39 is 5.91 Å². The fourth-order valence-corrected chi connectivity index (χ4v) is 2.47. The second-order valence-corrected chi connectivity index (χ2v) is 5.59. The second kappa shape index (κ2) is 8.43. The Morgan fingerprint density at radius 2 is 1.88 bits per heavy atom. The third-order valence-corrected chi connectivity index (χ3v) is 4.12. The monoisotopic (exact) mass is 376 g/mol. The lowest BCUT2D eigenvalue weighted by atomic mass is 10.1. The zero-order chi connectivity index (χ0) is 18.4. The number of rotatable bonds is 5. The molecule has 0 aliphatic rings. The van der Waals surface area contributed by atoms with E-state index in [4.69, 9.17) is 32.7 Å². The van der Waals surface area contributed by atoms with E-state index in [0.717, 1.165) is 0 Å². The van der Waals surface area contributed by atoms with Gasteiger partial charge in [-0.05, 0) is 24.3 Å². The van der Waals surface area contributed by atoms with Crippen molar-refractivity contribution in [1.82, 2.24) is 0 Å². The van der Waals surface area contributed by atoms with Crippen LogP contribution in [0.4, 0.5) is 5.69 Å². The van der Waals surface area contributed by atoms with E-state index in [0.29, 0.717) is 27.8 Å². The number of nitriles is 1. The number of para-hydroxylation sites is 1. The van der Waals surface area contributed by atoms with E-state index in [1.165, 1.54) is 20.3 Å². The van der Waals surface area contributed by atoms with E-state index >= 15 is 0 Å². The number of methoxy groups -OCH3 is 2. The predicted molar refractivity (Wildman–Crippen MR) is 98.2 cm³/mol. The van der Waals surface area contributed by atoms with Crippen molar-refractivity contribution in [2.75, 3.05) is 19.5 Å². The largest absolute Gasteiger partial charge is 0.493 e. The summed E-state index contributed by atoms with van der Waals surface area (Å²) in [6, 6.07) is 11.9. The molecule has 2 rings (SSSR count). The van der Waals surface area contributed by atoms with Gasteiger partial charge >= 0.3 is 0 Å². The normalized spacial score (nSPS) is 10.8. The van der Waals surface area contributed by atoms with Crippen LogP contribution in [0.1, 0.15) is 5.56 Å². The summed E-state index contributed by atoms with van der Waals surface area (Å²) in [5, 5.41) is 12.4. The number of hydrogen-bond donors (Lipinski definition) is 1. The third-order valence-electron chi connectivity index (χ3n) is 3.30. The van der Waals surface area contributed by atoms with Crippen LogP contribution in [0.2, 0.25) is 10.0 Å². The number of carbonyl (C=O) groups excluding carboxylic acids is 1. The van der Waals surface area contributed by atoms with Crippen molar-refractivity contribution in [1.29, 1.82) is 5.26 Å². The predicted octanol–water partition coefficient (Wildman–Crippen LogP) is 4.56. The minimum atomic E-state index is -0.614. The highest BCUT2D eigenvalue weighted by Crippen LogP contribution is 2.33. The van der Waals surface area contributed by atoms with Gasteiger partial charge in [-0.2, -0.15) is 5.26 Å². The Hall–Kier alpha value is -2.68. The Morgan fingerprint density at radius 3 is 2.52 bits per heavy atom. The average molecular weight is 377 g/mol. The minimum absolute atomic E-state index is 0.123. The summed E-state index contributed by atoms with van der Waals surface area (Å²) in [4.78, 5) is 12.4. The topological polar surface area (TPSA) is 71.3 Å². The van der Waals surface area contributed by atoms with Gasteiger partial charge in [-0.25, -0.2) is 0 Å². The Morgan fingerprint density at radius 1 is 1.16 bits per heavy atom. The van der Waals surface area contributed by atoms with Crippen LogP contribution in [0.5, 0.6) is 11.5 Å². The number of nitrogens with one attached hydrogen (secondary N) is 1. The molecule has 0 radical (unpaired) electrons. The summed E-state index contributed by atoms with van der Waals surface area (Å²) < 4.78 is 10.5. The van der Waals surface area contributed by atoms with Gasteiger partial charge in [-0.1, -0.05) is 41.4 Å². The molecule has 1 amide bonds. The maximum atomic E-state index is 12.4. The van der Waals surface area contributed by atoms with E-state index in [1.54, 1.807) is 36.4 Å². The average Bonchev–Trinajstić information content (AvgIpc) is 2.62. The number of halogens is 2. The molecular weight excluding hydrogens is 363 g/mol. The van der Waals surface area contributed by atoms with Crippen LogP contribution in [0.3, 0.4) is 0 Å². The van der Waals surface area contributed by atoms with Gasteiger partial charge in [-0.15, -0.1) is 0 Å². The summed E-state index contributed by atoms with van der Waals surface area (Å²) in [6.45, 7) is 0. The first-order valence-electron chi connectivity index (χ1n) is 7.10. The molecule has 0 atom stereocenters. The maximum absolute atomic E-state index is 12.4. The molecule has 128 valence electrons. The molecule has 0 aliphatic carbocycles. The smallest absolute Gasteiger partial charge is 0.266 e. The molecule has 2 aromatic rings. The quantitative estimate of drug-likeness (QED) is 0.613. The second-order valence-electron chi connectivity index (χ2n) is 4.81. The molecule has 5 nitrogen and oxygen atoms in total. The molecule has 0 saturated carbocycles. The number of nitrogens with zero attached hydrogens (tertiary/aromatic N) is 1. The number of carbonyl (C=O) groups is 1. The first-order chi connectivity index (χ1) is 12.0. The van der Waals surface area contributed by atoms with Crippen molar-refractivity contribution >= 4 is 40.9 Å². The minimum Gasteiger partial charge on any atom is -0.493 e. The van der Waals surface area contributed by atoms with Crippen LogP contribution in [-0.2, 0) is 4.79 Å². The molecule has 0 unspecified atom stereocenters. The van der Waals surface area contributed by atoms with Gasteiger partial charge in [0, 0.05) is 5.56 Å². The number of anilines is 1. The Bertz CT molecular complexity index is 873. The summed E-state index contributed by atoms with van der Waals surface area (Å²) in [7, 11) is 2.98. The summed E-state index contributed by atoms with van der Waals surface area (Å²) in [5.74, 6) is 0.301. The first-order valence-corrected chi connectivity index (χ1v) is 7.85. The zero-order valence-electron chi connectivity index (χ0n) is 13.5. The molecule has 0 aliphatic heterocycles. The molecule has 1 N–H and O–H groups in total. The highest BCUT2D eigenvalue weighted by Gasteiger charge is 2.15. The van der Waals surface area contributed by atoms with Crippen molar-refractivity contribution in [3.8, 4) is 17.6 Å². The van der Waals surface area contributed by atoms with Gasteiger partial charge in [0.1, 0.15) is 11.6 Å². The van der Waals surface area contributed by atoms with Gasteiger partial charge in [0.05, 0.1) is 30.0 Å². The molecule has 0 saturated heterocycles. The van der Waals surface area contributed by atoms with Crippen molar-refractivity contribution in [2.24, 2.45) is 0 Å². The molecule has 0 spiro atoms. The van der Waals surface area contributed by atoms with Crippen molar-refractivity contribution in [2.45, 2.75) is 0 Å². The van der Waals surface area contributed by atoms with Crippen molar-refractivity contribution in [3.05, 3.63) is 57.6 Å². The SMILES string of the molecule is COc1cccc(/C=C(/C#N)C(=O)Nc2cccc(Cl)c2Cl)c1OC. The Kier molecular flexibility index (Phi) is 6.29. The number of amides is 1. The standard InChI is InChI=1S/C18H14Cl2N2O3/c1-24-15-8-3-5-11(17(15)25-2)9-12(10-21)18(23)22-14-7-4-6-13(19)16(14)20/h3-9H,1-2H3,(H,22,23)/b12-9-. The zero-order valence-corrected chi connectivity index (χ0v) is 15.0. The fraction of sp³-hybridized carbons (Fsp3) is 0.111. The molecular formula is C18H14Cl2N2O3. The van der Waals surface area contributed by atoms with Crippen LogP contribution in [-0.4, -0.2) is 20.1 Å². The third kappa shape index (κ3) is 4.24.